The van der Waals surface area contributed by atoms with Gasteiger partial charge in [-0.05, 0) is 72.5 Å². The van der Waals surface area contributed by atoms with Crippen LogP contribution in [0.1, 0.15) is 45.9 Å². The van der Waals surface area contributed by atoms with E-state index in [0.29, 0.717) is 36.0 Å². The fraction of sp³-hybridized carbons (Fsp3) is 0.342. The van der Waals surface area contributed by atoms with E-state index in [2.05, 4.69) is 25.7 Å². The summed E-state index contributed by atoms with van der Waals surface area (Å²) in [5.74, 6) is 0.110. The molecule has 0 bridgehead atoms. The predicted octanol–water partition coefficient (Wildman–Crippen LogP) is 7.24. The molecule has 0 aliphatic carbocycles. The van der Waals surface area contributed by atoms with Crippen LogP contribution in [0.3, 0.4) is 0 Å². The normalized spacial score (nSPS) is 19.4. The number of quaternary nitrogens is 1. The van der Waals surface area contributed by atoms with Crippen molar-refractivity contribution >= 4 is 65.6 Å². The van der Waals surface area contributed by atoms with E-state index in [0.717, 1.165) is 38.0 Å². The summed E-state index contributed by atoms with van der Waals surface area (Å²) < 4.78 is 78.2. The van der Waals surface area contributed by atoms with Crippen molar-refractivity contribution in [2.24, 2.45) is 0 Å². The van der Waals surface area contributed by atoms with Crippen LogP contribution in [-0.2, 0) is 26.8 Å². The molecule has 0 saturated carbocycles. The minimum atomic E-state index is -4.65. The molecule has 0 amide bonds. The van der Waals surface area contributed by atoms with Crippen molar-refractivity contribution in [1.29, 1.82) is 0 Å². The van der Waals surface area contributed by atoms with Crippen molar-refractivity contribution in [2.75, 3.05) is 31.9 Å². The standard InChI is InChI=1S/C32H28N2O7S3.C6H15N/c35-43(36,37)19-7-6-17-33-26-20-24(22-8-2-1-3-9-22)12-14-27(26)41-29(33)21-30-34(18-16-31(34)44(38,39)40)32-25-11-5-4-10-23(25)13-15-28(32)42-30;1-4-7(5-2)6-3/h1-5,8-15,20-21,31H,6-7,16-19H2;4-6H2,1-3H3/p+1. The van der Waals surface area contributed by atoms with Gasteiger partial charge in [0.25, 0.3) is 15.6 Å². The summed E-state index contributed by atoms with van der Waals surface area (Å²) in [6.07, 6.45) is 2.78. The van der Waals surface area contributed by atoms with Crippen molar-refractivity contribution in [3.05, 3.63) is 95.8 Å². The van der Waals surface area contributed by atoms with Gasteiger partial charge in [-0.1, -0.05) is 81.4 Å². The zero-order valence-corrected chi connectivity index (χ0v) is 31.5. The molecule has 1 aromatic heterocycles. The van der Waals surface area contributed by atoms with Crippen LogP contribution in [0.4, 0.5) is 5.69 Å². The summed E-state index contributed by atoms with van der Waals surface area (Å²) in [6, 6.07) is 27.5. The Morgan fingerprint density at radius 1 is 0.922 bits per heavy atom. The number of thioether (sulfide) groups is 1. The molecule has 5 aromatic rings. The van der Waals surface area contributed by atoms with Crippen LogP contribution in [0.15, 0.2) is 99.3 Å². The van der Waals surface area contributed by atoms with Crippen molar-refractivity contribution in [3.8, 4) is 11.1 Å². The fourth-order valence-corrected chi connectivity index (χ4v) is 10.3. The van der Waals surface area contributed by atoms with Gasteiger partial charge >= 0.3 is 5.89 Å². The molecule has 1 saturated heterocycles. The van der Waals surface area contributed by atoms with Crippen LogP contribution in [0.2, 0.25) is 0 Å². The Hall–Kier alpha value is -3.56. The smallest absolute Gasteiger partial charge is 0.380 e. The van der Waals surface area contributed by atoms with Crippen LogP contribution in [0, 0.1) is 0 Å². The van der Waals surface area contributed by atoms with Gasteiger partial charge in [-0.15, -0.1) is 0 Å². The van der Waals surface area contributed by atoms with Crippen LogP contribution in [0.5, 0.6) is 0 Å². The Labute approximate surface area is 304 Å². The van der Waals surface area contributed by atoms with E-state index in [1.54, 1.807) is 0 Å². The highest BCUT2D eigenvalue weighted by Gasteiger charge is 2.60. The molecule has 2 aliphatic heterocycles. The molecule has 0 radical (unpaired) electrons. The van der Waals surface area contributed by atoms with Gasteiger partial charge in [0, 0.05) is 17.9 Å². The molecule has 13 heteroatoms. The maximum absolute atomic E-state index is 12.6. The Balaban J connectivity index is 0.000000582. The highest BCUT2D eigenvalue weighted by Crippen LogP contribution is 2.60. The fourth-order valence-electron chi connectivity index (χ4n) is 7.12. The van der Waals surface area contributed by atoms with Crippen LogP contribution >= 0.6 is 11.8 Å². The summed E-state index contributed by atoms with van der Waals surface area (Å²) in [5, 5.41) is 1.39. The first-order valence-corrected chi connectivity index (χ1v) is 21.2. The maximum Gasteiger partial charge on any atom is 0.380 e. The van der Waals surface area contributed by atoms with Crippen LogP contribution < -0.4 is 9.05 Å². The number of hydrogen-bond acceptors (Lipinski definition) is 8. The summed E-state index contributed by atoms with van der Waals surface area (Å²) in [6.45, 7) is 11.0. The molecule has 1 N–H and O–H groups in total. The van der Waals surface area contributed by atoms with Gasteiger partial charge in [0.15, 0.2) is 32.8 Å². The second-order valence-electron chi connectivity index (χ2n) is 12.8. The monoisotopic (exact) mass is 750 g/mol. The molecule has 3 heterocycles. The number of aryl methyl sites for hydroxylation is 1. The van der Waals surface area contributed by atoms with Gasteiger partial charge in [-0.25, -0.2) is 12.9 Å². The lowest BCUT2D eigenvalue weighted by molar-refractivity contribution is -0.678. The lowest BCUT2D eigenvalue weighted by Gasteiger charge is -2.49. The number of unbranched alkanes of at least 4 members (excludes halogenated alkanes) is 1. The highest BCUT2D eigenvalue weighted by molar-refractivity contribution is 8.03. The Morgan fingerprint density at radius 2 is 1.63 bits per heavy atom. The molecule has 1 spiro atoms. The van der Waals surface area contributed by atoms with Gasteiger partial charge < -0.3 is 13.9 Å². The quantitative estimate of drug-likeness (QED) is 0.0642. The van der Waals surface area contributed by atoms with Gasteiger partial charge in [0.05, 0.1) is 23.6 Å². The van der Waals surface area contributed by atoms with E-state index in [1.165, 1.54) is 31.4 Å². The Bertz CT molecular complexity index is 2280. The minimum absolute atomic E-state index is 0.0811. The van der Waals surface area contributed by atoms with Crippen LogP contribution in [-0.4, -0.2) is 68.1 Å². The number of benzene rings is 4. The summed E-state index contributed by atoms with van der Waals surface area (Å²) in [5.41, 5.74) is 4.22. The largest absolute Gasteiger partial charge is 0.743 e. The summed E-state index contributed by atoms with van der Waals surface area (Å²) >= 11 is 1.44. The van der Waals surface area contributed by atoms with Crippen molar-refractivity contribution in [2.45, 2.75) is 56.8 Å². The average Bonchev–Trinajstić information content (AvgIpc) is 3.62. The number of hydrogen-bond donors (Lipinski definition) is 1. The first-order valence-electron chi connectivity index (χ1n) is 17.3. The Morgan fingerprint density at radius 3 is 2.25 bits per heavy atom. The van der Waals surface area contributed by atoms with E-state index in [-0.39, 0.29) is 23.1 Å². The molecular formula is C38H44N3O7S3+. The lowest BCUT2D eigenvalue weighted by atomic mass is 10.0. The molecule has 2 aliphatic rings. The van der Waals surface area contributed by atoms with Crippen molar-refractivity contribution < 1.29 is 34.9 Å². The van der Waals surface area contributed by atoms with Gasteiger partial charge in [0.1, 0.15) is 6.08 Å². The topological polar surface area (TPSA) is 132 Å². The third-order valence-corrected chi connectivity index (χ3v) is 13.2. The van der Waals surface area contributed by atoms with Crippen molar-refractivity contribution in [1.82, 2.24) is 9.38 Å². The number of oxazole rings is 1. The summed E-state index contributed by atoms with van der Waals surface area (Å²) in [4.78, 5) is 3.27. The first-order chi connectivity index (χ1) is 24.4. The average molecular weight is 751 g/mol. The van der Waals surface area contributed by atoms with E-state index >= 15 is 0 Å². The molecule has 270 valence electrons. The van der Waals surface area contributed by atoms with Gasteiger partial charge in [0.2, 0.25) is 5.58 Å². The SMILES string of the molecule is CCN(CC)CC.O=S(=O)(O)CCCC[n+]1c(C=C2Sc3ccc4ccccc4c3[N+]23CCC3S(=O)(=O)[O-])oc2ccc(-c3ccccc3)cc21. The van der Waals surface area contributed by atoms with E-state index in [9.17, 15) is 25.9 Å². The number of rotatable bonds is 11. The Kier molecular flexibility index (Phi) is 11.1. The third kappa shape index (κ3) is 7.66. The highest BCUT2D eigenvalue weighted by atomic mass is 32.2. The van der Waals surface area contributed by atoms with Gasteiger partial charge in [-0.2, -0.15) is 13.0 Å². The van der Waals surface area contributed by atoms with Crippen molar-refractivity contribution in [3.63, 3.8) is 0 Å². The zero-order chi connectivity index (χ0) is 36.4. The predicted molar refractivity (Wildman–Crippen MR) is 204 cm³/mol. The maximum atomic E-state index is 12.6. The lowest BCUT2D eigenvalue weighted by Crippen LogP contribution is -2.67. The summed E-state index contributed by atoms with van der Waals surface area (Å²) in [7, 11) is -8.74. The molecule has 10 nitrogen and oxygen atoms in total. The minimum Gasteiger partial charge on any atom is -0.743 e. The second-order valence-corrected chi connectivity index (χ2v) is 17.0. The van der Waals surface area contributed by atoms with E-state index < -0.39 is 25.6 Å². The van der Waals surface area contributed by atoms with Gasteiger partial charge in [-0.3, -0.25) is 4.55 Å². The number of fused-ring (bicyclic) bond motifs is 5. The number of aromatic nitrogens is 1. The zero-order valence-electron chi connectivity index (χ0n) is 29.1. The number of nitrogens with zero attached hydrogens (tertiary/aromatic N) is 3. The molecule has 2 atom stereocenters. The molecular weight excluding hydrogens is 707 g/mol. The van der Waals surface area contributed by atoms with Crippen LogP contribution in [0.25, 0.3) is 39.1 Å². The van der Waals surface area contributed by atoms with E-state index in [4.69, 9.17) is 4.42 Å². The molecule has 51 heavy (non-hydrogen) atoms. The molecule has 2 unspecified atom stereocenters. The second kappa shape index (κ2) is 15.2. The molecule has 7 rings (SSSR count). The first kappa shape index (κ1) is 37.2. The van der Waals surface area contributed by atoms with E-state index in [1.807, 2.05) is 95.6 Å². The molecule has 1 fully saturated rings. The third-order valence-electron chi connectivity index (χ3n) is 9.88. The molecule has 4 aromatic carbocycles.